The normalized spacial score (nSPS) is 12.0. The first-order valence-electron chi connectivity index (χ1n) is 7.64. The zero-order valence-electron chi connectivity index (χ0n) is 14.0. The van der Waals surface area contributed by atoms with Gasteiger partial charge in [-0.15, -0.1) is 0 Å². The first-order chi connectivity index (χ1) is 11.4. The maximum atomic E-state index is 11.4. The van der Waals surface area contributed by atoms with E-state index < -0.39 is 4.92 Å². The van der Waals surface area contributed by atoms with E-state index in [4.69, 9.17) is 0 Å². The summed E-state index contributed by atoms with van der Waals surface area (Å²) >= 11 is 0. The molecule has 0 fully saturated rings. The van der Waals surface area contributed by atoms with Crippen molar-refractivity contribution in [2.75, 3.05) is 26.0 Å². The number of Topliss-reactive ketones (excluding diaryl/α,β-unsaturated/α-hetero) is 1. The van der Waals surface area contributed by atoms with Crippen LogP contribution in [0.25, 0.3) is 0 Å². The Morgan fingerprint density at radius 1 is 1.21 bits per heavy atom. The van der Waals surface area contributed by atoms with Gasteiger partial charge in [0, 0.05) is 18.2 Å². The quantitative estimate of drug-likeness (QED) is 0.478. The van der Waals surface area contributed by atoms with E-state index in [2.05, 4.69) is 10.2 Å². The molecule has 0 saturated heterocycles. The van der Waals surface area contributed by atoms with Crippen LogP contribution in [-0.2, 0) is 0 Å². The molecule has 6 nitrogen and oxygen atoms in total. The van der Waals surface area contributed by atoms with Crippen molar-refractivity contribution in [2.24, 2.45) is 0 Å². The van der Waals surface area contributed by atoms with E-state index >= 15 is 0 Å². The van der Waals surface area contributed by atoms with Crippen LogP contribution in [0, 0.1) is 10.1 Å². The van der Waals surface area contributed by atoms with Crippen LogP contribution in [0.2, 0.25) is 0 Å². The first kappa shape index (κ1) is 17.6. The molecule has 2 aromatic rings. The number of benzene rings is 2. The second-order valence-corrected chi connectivity index (χ2v) is 5.82. The third-order valence-corrected chi connectivity index (χ3v) is 3.89. The Labute approximate surface area is 141 Å². The average molecular weight is 327 g/mol. The molecule has 0 aliphatic heterocycles. The zero-order chi connectivity index (χ0) is 17.7. The van der Waals surface area contributed by atoms with E-state index in [1.54, 1.807) is 12.1 Å². The predicted octanol–water partition coefficient (Wildman–Crippen LogP) is 3.51. The fourth-order valence-electron chi connectivity index (χ4n) is 2.53. The number of carbonyl (C=O) groups excluding carboxylic acids is 1. The van der Waals surface area contributed by atoms with Crippen molar-refractivity contribution in [3.63, 3.8) is 0 Å². The number of nitro groups is 1. The van der Waals surface area contributed by atoms with Crippen LogP contribution in [0.5, 0.6) is 0 Å². The van der Waals surface area contributed by atoms with Crippen LogP contribution < -0.4 is 5.32 Å². The number of anilines is 1. The molecule has 6 heteroatoms. The van der Waals surface area contributed by atoms with Crippen molar-refractivity contribution in [3.8, 4) is 0 Å². The number of likely N-dealkylation sites (N-methyl/N-ethyl adjacent to an activating group) is 1. The molecule has 0 aromatic heterocycles. The lowest BCUT2D eigenvalue weighted by Crippen LogP contribution is -2.27. The van der Waals surface area contributed by atoms with Gasteiger partial charge in [0.2, 0.25) is 0 Å². The molecule has 1 N–H and O–H groups in total. The minimum absolute atomic E-state index is 0.0679. The highest BCUT2D eigenvalue weighted by Gasteiger charge is 2.19. The number of ketones is 1. The first-order valence-corrected chi connectivity index (χ1v) is 7.64. The van der Waals surface area contributed by atoms with Crippen molar-refractivity contribution in [3.05, 3.63) is 69.8 Å². The smallest absolute Gasteiger partial charge is 0.293 e. The summed E-state index contributed by atoms with van der Waals surface area (Å²) in [7, 11) is 3.93. The molecule has 0 aliphatic carbocycles. The number of hydrogen-bond acceptors (Lipinski definition) is 5. The molecule has 126 valence electrons. The summed E-state index contributed by atoms with van der Waals surface area (Å²) in [4.78, 5) is 24.3. The lowest BCUT2D eigenvalue weighted by molar-refractivity contribution is -0.384. The van der Waals surface area contributed by atoms with Crippen LogP contribution in [-0.4, -0.2) is 36.2 Å². The number of nitro benzene ring substituents is 1. The summed E-state index contributed by atoms with van der Waals surface area (Å²) in [6.07, 6.45) is 0. The van der Waals surface area contributed by atoms with E-state index in [1.807, 2.05) is 44.4 Å². The highest BCUT2D eigenvalue weighted by atomic mass is 16.6. The van der Waals surface area contributed by atoms with Gasteiger partial charge in [-0.1, -0.05) is 30.3 Å². The van der Waals surface area contributed by atoms with Crippen molar-refractivity contribution >= 4 is 17.2 Å². The number of carbonyl (C=O) groups is 1. The maximum absolute atomic E-state index is 11.4. The van der Waals surface area contributed by atoms with Crippen LogP contribution in [0.4, 0.5) is 11.4 Å². The molecule has 0 aliphatic rings. The monoisotopic (exact) mass is 327 g/mol. The van der Waals surface area contributed by atoms with E-state index in [0.717, 1.165) is 5.56 Å². The van der Waals surface area contributed by atoms with E-state index in [1.165, 1.54) is 13.0 Å². The lowest BCUT2D eigenvalue weighted by atomic mass is 10.1. The van der Waals surface area contributed by atoms with Gasteiger partial charge in [0.1, 0.15) is 5.69 Å². The number of nitrogens with zero attached hydrogens (tertiary/aromatic N) is 2. The summed E-state index contributed by atoms with van der Waals surface area (Å²) < 4.78 is 0. The second kappa shape index (κ2) is 7.70. The molecule has 2 rings (SSSR count). The molecule has 1 atom stereocenters. The van der Waals surface area contributed by atoms with Gasteiger partial charge in [-0.25, -0.2) is 0 Å². The lowest BCUT2D eigenvalue weighted by Gasteiger charge is -2.25. The third kappa shape index (κ3) is 4.17. The molecule has 0 bridgehead atoms. The van der Waals surface area contributed by atoms with Crippen LogP contribution in [0.3, 0.4) is 0 Å². The predicted molar refractivity (Wildman–Crippen MR) is 94.5 cm³/mol. The molecule has 0 heterocycles. The number of nitrogens with one attached hydrogen (secondary N) is 1. The van der Waals surface area contributed by atoms with Crippen molar-refractivity contribution < 1.29 is 9.72 Å². The fourth-order valence-corrected chi connectivity index (χ4v) is 2.53. The van der Waals surface area contributed by atoms with Gasteiger partial charge in [0.25, 0.3) is 5.69 Å². The van der Waals surface area contributed by atoms with Gasteiger partial charge in [-0.05, 0) is 38.7 Å². The SMILES string of the molecule is CC(=O)c1ccc(NC[C@@H](c2ccccc2)N(C)C)c([N+](=O)[O-])c1. The molecule has 0 spiro atoms. The summed E-state index contributed by atoms with van der Waals surface area (Å²) in [5.74, 6) is -0.194. The van der Waals surface area contributed by atoms with Gasteiger partial charge in [0.05, 0.1) is 11.0 Å². The Morgan fingerprint density at radius 3 is 2.42 bits per heavy atom. The molecular formula is C18H21N3O3. The minimum Gasteiger partial charge on any atom is -0.378 e. The molecule has 0 amide bonds. The Hall–Kier alpha value is -2.73. The van der Waals surface area contributed by atoms with Gasteiger partial charge in [-0.2, -0.15) is 0 Å². The molecule has 24 heavy (non-hydrogen) atoms. The van der Waals surface area contributed by atoms with Gasteiger partial charge < -0.3 is 10.2 Å². The average Bonchev–Trinajstić information content (AvgIpc) is 2.55. The standard InChI is InChI=1S/C18H21N3O3/c1-13(22)15-9-10-16(17(11-15)21(23)24)19-12-18(20(2)3)14-7-5-4-6-8-14/h4-11,18-19H,12H2,1-3H3/t18-/m0/s1. The topological polar surface area (TPSA) is 75.5 Å². The molecule has 2 aromatic carbocycles. The van der Waals surface area contributed by atoms with Gasteiger partial charge >= 0.3 is 0 Å². The summed E-state index contributed by atoms with van der Waals surface area (Å²) in [6, 6.07) is 14.5. The van der Waals surface area contributed by atoms with Gasteiger partial charge in [-0.3, -0.25) is 14.9 Å². The largest absolute Gasteiger partial charge is 0.378 e. The molecule has 0 unspecified atom stereocenters. The highest BCUT2D eigenvalue weighted by Crippen LogP contribution is 2.27. The summed E-state index contributed by atoms with van der Waals surface area (Å²) in [5.41, 5.74) is 1.78. The minimum atomic E-state index is -0.470. The van der Waals surface area contributed by atoms with E-state index in [9.17, 15) is 14.9 Å². The fraction of sp³-hybridized carbons (Fsp3) is 0.278. The highest BCUT2D eigenvalue weighted by molar-refractivity contribution is 5.95. The summed E-state index contributed by atoms with van der Waals surface area (Å²) in [6.45, 7) is 1.90. The van der Waals surface area contributed by atoms with E-state index in [-0.39, 0.29) is 17.5 Å². The molecular weight excluding hydrogens is 306 g/mol. The second-order valence-electron chi connectivity index (χ2n) is 5.82. The van der Waals surface area contributed by atoms with Crippen LogP contribution in [0.1, 0.15) is 28.9 Å². The molecule has 0 saturated carbocycles. The number of rotatable bonds is 7. The van der Waals surface area contributed by atoms with Crippen LogP contribution in [0.15, 0.2) is 48.5 Å². The van der Waals surface area contributed by atoms with Crippen molar-refractivity contribution in [2.45, 2.75) is 13.0 Å². The van der Waals surface area contributed by atoms with E-state index in [0.29, 0.717) is 17.8 Å². The zero-order valence-corrected chi connectivity index (χ0v) is 14.0. The van der Waals surface area contributed by atoms with Crippen molar-refractivity contribution in [1.82, 2.24) is 4.90 Å². The van der Waals surface area contributed by atoms with Crippen LogP contribution >= 0.6 is 0 Å². The van der Waals surface area contributed by atoms with Crippen molar-refractivity contribution in [1.29, 1.82) is 0 Å². The molecule has 0 radical (unpaired) electrons. The number of hydrogen-bond donors (Lipinski definition) is 1. The Kier molecular flexibility index (Phi) is 5.65. The summed E-state index contributed by atoms with van der Waals surface area (Å²) in [5, 5.41) is 14.4. The Morgan fingerprint density at radius 2 is 1.88 bits per heavy atom. The Bertz CT molecular complexity index is 730. The maximum Gasteiger partial charge on any atom is 0.293 e. The Balaban J connectivity index is 2.23. The van der Waals surface area contributed by atoms with Gasteiger partial charge in [0.15, 0.2) is 5.78 Å². The third-order valence-electron chi connectivity index (χ3n) is 3.89.